The molecule has 2 aromatic carbocycles. The standard InChI is InChI=1S/C22H28N2O3S/c1-15-6-5-7-19(11-15)23-28(26,27)20-9-8-18(4)21(12-20)22(25)24-13-16(2)10-17(3)14-24/h5-9,11-12,16-17,23H,10,13-14H2,1-4H3. The van der Waals surface area contributed by atoms with Gasteiger partial charge in [-0.2, -0.15) is 0 Å². The molecule has 1 aliphatic rings. The molecule has 1 aliphatic heterocycles. The largest absolute Gasteiger partial charge is 0.338 e. The van der Waals surface area contributed by atoms with Crippen LogP contribution in [-0.2, 0) is 10.0 Å². The van der Waals surface area contributed by atoms with Gasteiger partial charge < -0.3 is 4.90 Å². The number of benzene rings is 2. The second-order valence-electron chi connectivity index (χ2n) is 8.11. The third-order valence-electron chi connectivity index (χ3n) is 5.18. The maximum absolute atomic E-state index is 13.1. The van der Waals surface area contributed by atoms with Crippen LogP contribution in [0.4, 0.5) is 5.69 Å². The van der Waals surface area contributed by atoms with Crippen LogP contribution in [0.5, 0.6) is 0 Å². The van der Waals surface area contributed by atoms with Gasteiger partial charge >= 0.3 is 0 Å². The summed E-state index contributed by atoms with van der Waals surface area (Å²) in [4.78, 5) is 15.1. The zero-order chi connectivity index (χ0) is 20.5. The normalized spacial score (nSPS) is 20.1. The molecule has 2 atom stereocenters. The predicted molar refractivity (Wildman–Crippen MR) is 112 cm³/mol. The molecule has 5 nitrogen and oxygen atoms in total. The fraction of sp³-hybridized carbons (Fsp3) is 0.409. The van der Waals surface area contributed by atoms with Crippen molar-refractivity contribution >= 4 is 21.6 Å². The Morgan fingerprint density at radius 3 is 2.36 bits per heavy atom. The number of likely N-dealkylation sites (tertiary alicyclic amines) is 1. The SMILES string of the molecule is Cc1cccc(NS(=O)(=O)c2ccc(C)c(C(=O)N3CC(C)CC(C)C3)c2)c1. The number of amides is 1. The molecular formula is C22H28N2O3S. The Bertz CT molecular complexity index is 975. The van der Waals surface area contributed by atoms with E-state index in [1.165, 1.54) is 6.07 Å². The molecule has 1 N–H and O–H groups in total. The van der Waals surface area contributed by atoms with E-state index in [0.717, 1.165) is 17.5 Å². The number of carbonyl (C=O) groups excluding carboxylic acids is 1. The first kappa shape index (κ1) is 20.4. The lowest BCUT2D eigenvalue weighted by Gasteiger charge is -2.35. The first-order chi connectivity index (χ1) is 13.2. The molecule has 3 rings (SSSR count). The van der Waals surface area contributed by atoms with Gasteiger partial charge in [0.1, 0.15) is 0 Å². The zero-order valence-electron chi connectivity index (χ0n) is 16.9. The average Bonchev–Trinajstić information content (AvgIpc) is 2.60. The summed E-state index contributed by atoms with van der Waals surface area (Å²) >= 11 is 0. The maximum atomic E-state index is 13.1. The van der Waals surface area contributed by atoms with Gasteiger partial charge in [-0.25, -0.2) is 8.42 Å². The van der Waals surface area contributed by atoms with E-state index in [1.54, 1.807) is 30.3 Å². The van der Waals surface area contributed by atoms with Gasteiger partial charge in [0.15, 0.2) is 0 Å². The molecule has 2 unspecified atom stereocenters. The van der Waals surface area contributed by atoms with E-state index in [4.69, 9.17) is 0 Å². The highest BCUT2D eigenvalue weighted by atomic mass is 32.2. The lowest BCUT2D eigenvalue weighted by molar-refractivity contribution is 0.0622. The Morgan fingerprint density at radius 1 is 1.04 bits per heavy atom. The van der Waals surface area contributed by atoms with Crippen LogP contribution in [-0.4, -0.2) is 32.3 Å². The molecule has 2 aromatic rings. The fourth-order valence-corrected chi connectivity index (χ4v) is 5.00. The molecule has 0 spiro atoms. The number of carbonyl (C=O) groups is 1. The van der Waals surface area contributed by atoms with Gasteiger partial charge in [0.25, 0.3) is 15.9 Å². The van der Waals surface area contributed by atoms with E-state index in [-0.39, 0.29) is 10.8 Å². The van der Waals surface area contributed by atoms with Crippen molar-refractivity contribution in [2.75, 3.05) is 17.8 Å². The second-order valence-corrected chi connectivity index (χ2v) is 9.79. The van der Waals surface area contributed by atoms with E-state index in [2.05, 4.69) is 18.6 Å². The molecule has 1 heterocycles. The Kier molecular flexibility index (Phi) is 5.79. The van der Waals surface area contributed by atoms with E-state index in [9.17, 15) is 13.2 Å². The maximum Gasteiger partial charge on any atom is 0.261 e. The lowest BCUT2D eigenvalue weighted by Crippen LogP contribution is -2.42. The molecule has 0 aromatic heterocycles. The number of rotatable bonds is 4. The molecule has 1 saturated heterocycles. The van der Waals surface area contributed by atoms with E-state index in [0.29, 0.717) is 36.2 Å². The molecule has 1 fully saturated rings. The van der Waals surface area contributed by atoms with Crippen molar-refractivity contribution < 1.29 is 13.2 Å². The summed E-state index contributed by atoms with van der Waals surface area (Å²) in [6, 6.07) is 11.9. The lowest BCUT2D eigenvalue weighted by atomic mass is 9.91. The number of nitrogens with zero attached hydrogens (tertiary/aromatic N) is 1. The summed E-state index contributed by atoms with van der Waals surface area (Å²) in [7, 11) is -3.78. The topological polar surface area (TPSA) is 66.5 Å². The first-order valence-electron chi connectivity index (χ1n) is 9.65. The van der Waals surface area contributed by atoms with Crippen LogP contribution in [0.15, 0.2) is 47.4 Å². The van der Waals surface area contributed by atoms with Crippen molar-refractivity contribution in [3.63, 3.8) is 0 Å². The predicted octanol–water partition coefficient (Wildman–Crippen LogP) is 4.22. The number of hydrogen-bond donors (Lipinski definition) is 1. The van der Waals surface area contributed by atoms with Gasteiger partial charge in [-0.15, -0.1) is 0 Å². The van der Waals surface area contributed by atoms with Crippen LogP contribution in [0.3, 0.4) is 0 Å². The number of anilines is 1. The van der Waals surface area contributed by atoms with Crippen molar-refractivity contribution in [3.8, 4) is 0 Å². The number of piperidine rings is 1. The van der Waals surface area contributed by atoms with Crippen LogP contribution < -0.4 is 4.72 Å². The minimum absolute atomic E-state index is 0.0940. The third kappa shape index (κ3) is 4.55. The molecule has 0 saturated carbocycles. The number of sulfonamides is 1. The first-order valence-corrected chi connectivity index (χ1v) is 11.1. The monoisotopic (exact) mass is 400 g/mol. The summed E-state index contributed by atoms with van der Waals surface area (Å²) in [6.45, 7) is 9.46. The van der Waals surface area contributed by atoms with Crippen molar-refractivity contribution in [2.24, 2.45) is 11.8 Å². The molecule has 1 amide bonds. The third-order valence-corrected chi connectivity index (χ3v) is 6.56. The Labute approximate surface area is 167 Å². The van der Waals surface area contributed by atoms with Crippen molar-refractivity contribution in [2.45, 2.75) is 39.0 Å². The van der Waals surface area contributed by atoms with Crippen LogP contribution in [0, 0.1) is 25.7 Å². The summed E-state index contributed by atoms with van der Waals surface area (Å²) in [5, 5.41) is 0. The van der Waals surface area contributed by atoms with Gasteiger partial charge in [-0.3, -0.25) is 9.52 Å². The Balaban J connectivity index is 1.89. The fourth-order valence-electron chi connectivity index (χ4n) is 3.92. The molecule has 0 radical (unpaired) electrons. The van der Waals surface area contributed by atoms with Crippen LogP contribution in [0.1, 0.15) is 41.8 Å². The Morgan fingerprint density at radius 2 is 1.71 bits per heavy atom. The van der Waals surface area contributed by atoms with E-state index >= 15 is 0 Å². The smallest absolute Gasteiger partial charge is 0.261 e. The highest BCUT2D eigenvalue weighted by Crippen LogP contribution is 2.25. The van der Waals surface area contributed by atoms with Gasteiger partial charge in [0.05, 0.1) is 4.90 Å². The van der Waals surface area contributed by atoms with Gasteiger partial charge in [-0.1, -0.05) is 32.0 Å². The van der Waals surface area contributed by atoms with E-state index < -0.39 is 10.0 Å². The molecule has 0 bridgehead atoms. The highest BCUT2D eigenvalue weighted by molar-refractivity contribution is 7.92. The van der Waals surface area contributed by atoms with Crippen molar-refractivity contribution in [3.05, 3.63) is 59.2 Å². The van der Waals surface area contributed by atoms with Crippen LogP contribution >= 0.6 is 0 Å². The second kappa shape index (κ2) is 7.95. The van der Waals surface area contributed by atoms with Gasteiger partial charge in [-0.05, 0) is 67.5 Å². The molecular weight excluding hydrogens is 372 g/mol. The highest BCUT2D eigenvalue weighted by Gasteiger charge is 2.28. The molecule has 150 valence electrons. The summed E-state index contributed by atoms with van der Waals surface area (Å²) in [6.07, 6.45) is 1.11. The van der Waals surface area contributed by atoms with Crippen molar-refractivity contribution in [1.82, 2.24) is 4.90 Å². The summed E-state index contributed by atoms with van der Waals surface area (Å²) < 4.78 is 28.3. The quantitative estimate of drug-likeness (QED) is 0.835. The van der Waals surface area contributed by atoms with Crippen LogP contribution in [0.25, 0.3) is 0 Å². The average molecular weight is 401 g/mol. The Hall–Kier alpha value is -2.34. The summed E-state index contributed by atoms with van der Waals surface area (Å²) in [5.74, 6) is 0.800. The van der Waals surface area contributed by atoms with Gasteiger partial charge in [0, 0.05) is 24.3 Å². The zero-order valence-corrected chi connectivity index (χ0v) is 17.7. The minimum Gasteiger partial charge on any atom is -0.338 e. The molecule has 6 heteroatoms. The minimum atomic E-state index is -3.78. The summed E-state index contributed by atoms with van der Waals surface area (Å²) in [5.41, 5.74) is 2.71. The number of aryl methyl sites for hydroxylation is 2. The molecule has 0 aliphatic carbocycles. The van der Waals surface area contributed by atoms with Crippen LogP contribution in [0.2, 0.25) is 0 Å². The van der Waals surface area contributed by atoms with Crippen molar-refractivity contribution in [1.29, 1.82) is 0 Å². The van der Waals surface area contributed by atoms with E-state index in [1.807, 2.05) is 24.8 Å². The number of nitrogens with one attached hydrogen (secondary N) is 1. The molecule has 28 heavy (non-hydrogen) atoms. The number of hydrogen-bond acceptors (Lipinski definition) is 3. The van der Waals surface area contributed by atoms with Gasteiger partial charge in [0.2, 0.25) is 0 Å².